The second kappa shape index (κ2) is 5.16. The first-order valence-electron chi connectivity index (χ1n) is 6.83. The fraction of sp³-hybridized carbons (Fsp3) is 0.533. The van der Waals surface area contributed by atoms with Crippen molar-refractivity contribution in [3.63, 3.8) is 0 Å². The highest BCUT2D eigenvalue weighted by molar-refractivity contribution is 9.10. The third-order valence-electron chi connectivity index (χ3n) is 3.98. The van der Waals surface area contributed by atoms with Crippen LogP contribution in [0, 0.1) is 11.8 Å². The van der Waals surface area contributed by atoms with E-state index in [2.05, 4.69) is 21.2 Å². The van der Waals surface area contributed by atoms with Gasteiger partial charge in [0, 0.05) is 10.5 Å². The number of hydrogen-bond donors (Lipinski definition) is 1. The molecule has 1 N–H and O–H groups in total. The van der Waals surface area contributed by atoms with Gasteiger partial charge in [-0.05, 0) is 71.6 Å². The lowest BCUT2D eigenvalue weighted by atomic mass is 10.1. The van der Waals surface area contributed by atoms with Crippen molar-refractivity contribution in [2.75, 3.05) is 7.11 Å². The van der Waals surface area contributed by atoms with E-state index in [0.29, 0.717) is 29.2 Å². The van der Waals surface area contributed by atoms with E-state index in [1.807, 2.05) is 12.1 Å². The molecule has 0 bridgehead atoms. The molecule has 2 fully saturated rings. The lowest BCUT2D eigenvalue weighted by Crippen LogP contribution is -2.38. The number of nitrogens with one attached hydrogen (secondary N) is 1. The summed E-state index contributed by atoms with van der Waals surface area (Å²) in [5.74, 6) is 2.14. The summed E-state index contributed by atoms with van der Waals surface area (Å²) in [7, 11) is 1.61. The molecule has 3 nitrogen and oxygen atoms in total. The predicted molar refractivity (Wildman–Crippen MR) is 77.4 cm³/mol. The van der Waals surface area contributed by atoms with Gasteiger partial charge in [-0.1, -0.05) is 0 Å². The molecule has 2 aliphatic carbocycles. The van der Waals surface area contributed by atoms with Crippen LogP contribution in [0.15, 0.2) is 22.7 Å². The Morgan fingerprint density at radius 2 is 1.95 bits per heavy atom. The zero-order valence-corrected chi connectivity index (χ0v) is 12.6. The number of carbonyl (C=O) groups excluding carboxylic acids is 1. The van der Waals surface area contributed by atoms with Crippen LogP contribution in [0.25, 0.3) is 0 Å². The van der Waals surface area contributed by atoms with Crippen molar-refractivity contribution >= 4 is 21.8 Å². The van der Waals surface area contributed by atoms with Crippen LogP contribution in [0.3, 0.4) is 0 Å². The van der Waals surface area contributed by atoms with E-state index in [0.717, 1.165) is 4.47 Å². The number of ether oxygens (including phenoxy) is 1. The Kier molecular flexibility index (Phi) is 3.52. The van der Waals surface area contributed by atoms with E-state index in [9.17, 15) is 4.79 Å². The first kappa shape index (κ1) is 13.0. The number of rotatable bonds is 5. The van der Waals surface area contributed by atoms with Crippen LogP contribution >= 0.6 is 15.9 Å². The van der Waals surface area contributed by atoms with E-state index >= 15 is 0 Å². The van der Waals surface area contributed by atoms with Crippen molar-refractivity contribution in [1.82, 2.24) is 5.32 Å². The molecule has 1 aromatic carbocycles. The molecular formula is C15H18BrNO2. The quantitative estimate of drug-likeness (QED) is 0.902. The SMILES string of the molecule is COc1ccc(Br)c(C(=O)NC(C2CC2)C2CC2)c1. The fourth-order valence-corrected chi connectivity index (χ4v) is 2.99. The van der Waals surface area contributed by atoms with Crippen LogP contribution in [0.1, 0.15) is 36.0 Å². The monoisotopic (exact) mass is 323 g/mol. The van der Waals surface area contributed by atoms with E-state index in [1.54, 1.807) is 13.2 Å². The van der Waals surface area contributed by atoms with Crippen LogP contribution in [-0.2, 0) is 0 Å². The Bertz CT molecular complexity index is 483. The highest BCUT2D eigenvalue weighted by Crippen LogP contribution is 2.44. The zero-order valence-electron chi connectivity index (χ0n) is 11.0. The smallest absolute Gasteiger partial charge is 0.252 e. The van der Waals surface area contributed by atoms with Gasteiger partial charge in [0.25, 0.3) is 5.91 Å². The van der Waals surface area contributed by atoms with Gasteiger partial charge in [-0.15, -0.1) is 0 Å². The lowest BCUT2D eigenvalue weighted by Gasteiger charge is -2.18. The molecule has 0 atom stereocenters. The topological polar surface area (TPSA) is 38.3 Å². The van der Waals surface area contributed by atoms with Crippen molar-refractivity contribution in [2.45, 2.75) is 31.7 Å². The average molecular weight is 324 g/mol. The summed E-state index contributed by atoms with van der Waals surface area (Å²) in [6, 6.07) is 5.87. The molecular weight excluding hydrogens is 306 g/mol. The minimum atomic E-state index is 0.00887. The van der Waals surface area contributed by atoms with Crippen molar-refractivity contribution in [1.29, 1.82) is 0 Å². The fourth-order valence-electron chi connectivity index (χ4n) is 2.57. The molecule has 2 aliphatic rings. The second-order valence-corrected chi connectivity index (χ2v) is 6.37. The maximum Gasteiger partial charge on any atom is 0.252 e. The molecule has 1 amide bonds. The first-order chi connectivity index (χ1) is 9.19. The number of amides is 1. The maximum absolute atomic E-state index is 12.4. The molecule has 102 valence electrons. The number of methoxy groups -OCH3 is 1. The summed E-state index contributed by atoms with van der Waals surface area (Å²) < 4.78 is 6.00. The molecule has 0 spiro atoms. The summed E-state index contributed by atoms with van der Waals surface area (Å²) >= 11 is 3.44. The standard InChI is InChI=1S/C15H18BrNO2/c1-19-11-6-7-13(16)12(8-11)15(18)17-14(9-2-3-9)10-4-5-10/h6-10,14H,2-5H2,1H3,(H,17,18). The number of benzene rings is 1. The molecule has 3 rings (SSSR count). The summed E-state index contributed by atoms with van der Waals surface area (Å²) in [6.45, 7) is 0. The molecule has 0 unspecified atom stereocenters. The molecule has 0 aliphatic heterocycles. The molecule has 19 heavy (non-hydrogen) atoms. The Labute approximate surface area is 121 Å². The van der Waals surface area contributed by atoms with E-state index in [1.165, 1.54) is 25.7 Å². The van der Waals surface area contributed by atoms with Crippen molar-refractivity contribution < 1.29 is 9.53 Å². The largest absolute Gasteiger partial charge is 0.497 e. The number of carbonyl (C=O) groups is 1. The first-order valence-corrected chi connectivity index (χ1v) is 7.62. The summed E-state index contributed by atoms with van der Waals surface area (Å²) in [4.78, 5) is 12.4. The highest BCUT2D eigenvalue weighted by atomic mass is 79.9. The van der Waals surface area contributed by atoms with Gasteiger partial charge in [0.05, 0.1) is 12.7 Å². The second-order valence-electron chi connectivity index (χ2n) is 5.52. The molecule has 4 heteroatoms. The summed E-state index contributed by atoms with van der Waals surface area (Å²) in [6.07, 6.45) is 5.06. The Morgan fingerprint density at radius 3 is 2.47 bits per heavy atom. The van der Waals surface area contributed by atoms with Crippen LogP contribution < -0.4 is 10.1 Å². The third kappa shape index (κ3) is 2.94. The Hall–Kier alpha value is -1.03. The van der Waals surface area contributed by atoms with Gasteiger partial charge < -0.3 is 10.1 Å². The maximum atomic E-state index is 12.4. The van der Waals surface area contributed by atoms with Crippen LogP contribution in [0.5, 0.6) is 5.75 Å². The number of hydrogen-bond acceptors (Lipinski definition) is 2. The zero-order chi connectivity index (χ0) is 13.4. The van der Waals surface area contributed by atoms with Crippen LogP contribution in [-0.4, -0.2) is 19.1 Å². The van der Waals surface area contributed by atoms with Gasteiger partial charge in [0.2, 0.25) is 0 Å². The Morgan fingerprint density at radius 1 is 1.32 bits per heavy atom. The normalized spacial score (nSPS) is 18.5. The minimum absolute atomic E-state index is 0.00887. The molecule has 0 saturated heterocycles. The van der Waals surface area contributed by atoms with Crippen LogP contribution in [0.4, 0.5) is 0 Å². The summed E-state index contributed by atoms with van der Waals surface area (Å²) in [5, 5.41) is 3.22. The average Bonchev–Trinajstić information content (AvgIpc) is 3.29. The van der Waals surface area contributed by atoms with E-state index < -0.39 is 0 Å². The minimum Gasteiger partial charge on any atom is -0.497 e. The van der Waals surface area contributed by atoms with Crippen LogP contribution in [0.2, 0.25) is 0 Å². The molecule has 1 aromatic rings. The van der Waals surface area contributed by atoms with Gasteiger partial charge in [-0.3, -0.25) is 4.79 Å². The van der Waals surface area contributed by atoms with Crippen molar-refractivity contribution in [3.8, 4) is 5.75 Å². The Balaban J connectivity index is 1.75. The predicted octanol–water partition coefficient (Wildman–Crippen LogP) is 3.38. The van der Waals surface area contributed by atoms with Crippen molar-refractivity contribution in [2.24, 2.45) is 11.8 Å². The van der Waals surface area contributed by atoms with Crippen molar-refractivity contribution in [3.05, 3.63) is 28.2 Å². The van der Waals surface area contributed by atoms with E-state index in [-0.39, 0.29) is 5.91 Å². The van der Waals surface area contributed by atoms with Gasteiger partial charge in [0.1, 0.15) is 5.75 Å². The van der Waals surface area contributed by atoms with Gasteiger partial charge in [-0.25, -0.2) is 0 Å². The van der Waals surface area contributed by atoms with Gasteiger partial charge in [0.15, 0.2) is 0 Å². The third-order valence-corrected chi connectivity index (χ3v) is 4.67. The van der Waals surface area contributed by atoms with E-state index in [4.69, 9.17) is 4.74 Å². The molecule has 0 radical (unpaired) electrons. The summed E-state index contributed by atoms with van der Waals surface area (Å²) in [5.41, 5.74) is 0.658. The highest BCUT2D eigenvalue weighted by Gasteiger charge is 2.42. The lowest BCUT2D eigenvalue weighted by molar-refractivity contribution is 0.0925. The van der Waals surface area contributed by atoms with Gasteiger partial charge in [-0.2, -0.15) is 0 Å². The number of halogens is 1. The molecule has 0 aromatic heterocycles. The molecule has 0 heterocycles. The molecule has 2 saturated carbocycles. The van der Waals surface area contributed by atoms with Gasteiger partial charge >= 0.3 is 0 Å².